The van der Waals surface area contributed by atoms with E-state index in [4.69, 9.17) is 10.5 Å². The van der Waals surface area contributed by atoms with Gasteiger partial charge in [-0.1, -0.05) is 45.0 Å². The molecule has 1 fully saturated rings. The van der Waals surface area contributed by atoms with Crippen molar-refractivity contribution in [2.75, 3.05) is 6.54 Å². The fourth-order valence-electron chi connectivity index (χ4n) is 4.32. The molecule has 0 bridgehead atoms. The third-order valence-electron chi connectivity index (χ3n) is 6.26. The second-order valence-corrected chi connectivity index (χ2v) is 12.2. The molecule has 1 amide bonds. The first-order valence-corrected chi connectivity index (χ1v) is 12.9. The number of amides is 1. The minimum Gasteiger partial charge on any atom is -0.371 e. The van der Waals surface area contributed by atoms with Gasteiger partial charge in [-0.05, 0) is 50.7 Å². The second kappa shape index (κ2) is 10.3. The average molecular weight is 486 g/mol. The van der Waals surface area contributed by atoms with E-state index in [1.807, 2.05) is 54.0 Å². The molecule has 2 aromatic rings. The maximum Gasteiger partial charge on any atom is 0.240 e. The summed E-state index contributed by atoms with van der Waals surface area (Å²) in [6.45, 7) is 14.2. The van der Waals surface area contributed by atoms with E-state index in [0.29, 0.717) is 25.8 Å². The van der Waals surface area contributed by atoms with Gasteiger partial charge in [0.05, 0.1) is 39.9 Å². The minimum absolute atomic E-state index is 0.0665. The van der Waals surface area contributed by atoms with Gasteiger partial charge in [0.2, 0.25) is 5.91 Å². The average Bonchev–Trinajstić information content (AvgIpc) is 3.35. The van der Waals surface area contributed by atoms with Crippen LogP contribution in [0.1, 0.15) is 65.6 Å². The Bertz CT molecular complexity index is 1000. The van der Waals surface area contributed by atoms with Crippen LogP contribution in [0.3, 0.4) is 0 Å². The van der Waals surface area contributed by atoms with Crippen LogP contribution >= 0.6 is 11.3 Å². The summed E-state index contributed by atoms with van der Waals surface area (Å²) in [6, 6.07) is 7.15. The summed E-state index contributed by atoms with van der Waals surface area (Å²) in [7, 11) is 0. The number of rotatable bonds is 7. The van der Waals surface area contributed by atoms with Crippen LogP contribution in [0.25, 0.3) is 10.4 Å². The Morgan fingerprint density at radius 1 is 1.18 bits per heavy atom. The predicted molar refractivity (Wildman–Crippen MR) is 138 cm³/mol. The Kier molecular flexibility index (Phi) is 8.00. The summed E-state index contributed by atoms with van der Waals surface area (Å²) in [4.78, 5) is 33.7. The van der Waals surface area contributed by atoms with E-state index in [0.717, 1.165) is 16.8 Å². The highest BCUT2D eigenvalue weighted by atomic mass is 32.1. The molecule has 34 heavy (non-hydrogen) atoms. The number of ether oxygens (including phenoxy) is 1. The number of benzene rings is 1. The monoisotopic (exact) mass is 485 g/mol. The Labute approximate surface area is 207 Å². The maximum atomic E-state index is 13.3. The number of nitrogens with two attached hydrogens (primary N) is 1. The highest BCUT2D eigenvalue weighted by Crippen LogP contribution is 2.30. The van der Waals surface area contributed by atoms with Crippen LogP contribution in [0.4, 0.5) is 0 Å². The van der Waals surface area contributed by atoms with Crippen LogP contribution in [0.5, 0.6) is 0 Å². The number of thiazole rings is 1. The number of hydrogen-bond acceptors (Lipinski definition) is 6. The molecule has 1 aliphatic rings. The van der Waals surface area contributed by atoms with Crippen LogP contribution in [0.15, 0.2) is 29.8 Å². The molecule has 1 aromatic heterocycles. The Morgan fingerprint density at radius 2 is 1.82 bits per heavy atom. The lowest BCUT2D eigenvalue weighted by Gasteiger charge is -2.32. The van der Waals surface area contributed by atoms with Gasteiger partial charge >= 0.3 is 0 Å². The Hall–Kier alpha value is -2.09. The summed E-state index contributed by atoms with van der Waals surface area (Å²) in [5, 5.41) is 0. The zero-order valence-corrected chi connectivity index (χ0v) is 22.4. The van der Waals surface area contributed by atoms with Crippen molar-refractivity contribution in [2.45, 2.75) is 91.5 Å². The largest absolute Gasteiger partial charge is 0.371 e. The molecule has 0 aliphatic carbocycles. The van der Waals surface area contributed by atoms with Crippen molar-refractivity contribution in [1.29, 1.82) is 0 Å². The molecule has 1 aromatic carbocycles. The topological polar surface area (TPSA) is 85.5 Å². The van der Waals surface area contributed by atoms with Crippen molar-refractivity contribution in [1.82, 2.24) is 9.88 Å². The van der Waals surface area contributed by atoms with Gasteiger partial charge in [0.15, 0.2) is 5.78 Å². The lowest BCUT2D eigenvalue weighted by atomic mass is 9.86. The number of likely N-dealkylation sites (tertiary alicyclic amines) is 1. The number of carbonyl (C=O) groups excluding carboxylic acids is 2. The summed E-state index contributed by atoms with van der Waals surface area (Å²) in [5.41, 5.74) is 10.7. The normalized spacial score (nSPS) is 19.9. The molecule has 0 spiro atoms. The number of ketones is 1. The molecule has 0 saturated carbocycles. The van der Waals surface area contributed by atoms with Gasteiger partial charge in [-0.25, -0.2) is 4.98 Å². The van der Waals surface area contributed by atoms with Crippen LogP contribution in [0.2, 0.25) is 0 Å². The zero-order valence-electron chi connectivity index (χ0n) is 21.6. The second-order valence-electron chi connectivity index (χ2n) is 11.4. The standard InChI is InChI=1S/C27H39N3O3S/c1-17-23(34-16-29-17)19-11-8-18(9-12-19)10-13-22(31)21-14-20(33-27(5,6)7)15-30(21)25(32)24(28)26(2,3)4/h8-9,11-12,16,20-21,24H,10,13-15,28H2,1-7H3/t20-,21+,24-/m0/s1. The number of hydrogen-bond donors (Lipinski definition) is 1. The van der Waals surface area contributed by atoms with E-state index in [2.05, 4.69) is 29.2 Å². The number of aromatic nitrogens is 1. The van der Waals surface area contributed by atoms with Crippen LogP contribution in [-0.2, 0) is 20.7 Å². The van der Waals surface area contributed by atoms with Gasteiger partial charge in [0, 0.05) is 19.4 Å². The van der Waals surface area contributed by atoms with Crippen LogP contribution < -0.4 is 5.73 Å². The highest BCUT2D eigenvalue weighted by Gasteiger charge is 2.44. The summed E-state index contributed by atoms with van der Waals surface area (Å²) in [6.07, 6.45) is 1.35. The molecule has 186 valence electrons. The van der Waals surface area contributed by atoms with Crippen molar-refractivity contribution in [3.63, 3.8) is 0 Å². The molecule has 2 N–H and O–H groups in total. The smallest absolute Gasteiger partial charge is 0.240 e. The molecular formula is C27H39N3O3S. The summed E-state index contributed by atoms with van der Waals surface area (Å²) in [5.74, 6) is -0.105. The maximum absolute atomic E-state index is 13.3. The third kappa shape index (κ3) is 6.52. The predicted octanol–water partition coefficient (Wildman–Crippen LogP) is 4.78. The Balaban J connectivity index is 1.69. The summed E-state index contributed by atoms with van der Waals surface area (Å²) < 4.78 is 6.15. The fourth-order valence-corrected chi connectivity index (χ4v) is 5.13. The van der Waals surface area contributed by atoms with Crippen LogP contribution in [0, 0.1) is 12.3 Å². The van der Waals surface area contributed by atoms with Crippen LogP contribution in [-0.4, -0.2) is 51.9 Å². The van der Waals surface area contributed by atoms with Gasteiger partial charge in [0.1, 0.15) is 0 Å². The van der Waals surface area contributed by atoms with Gasteiger partial charge in [-0.15, -0.1) is 11.3 Å². The highest BCUT2D eigenvalue weighted by molar-refractivity contribution is 7.13. The van der Waals surface area contributed by atoms with E-state index < -0.39 is 12.1 Å². The van der Waals surface area contributed by atoms with E-state index in [1.165, 1.54) is 4.88 Å². The number of nitrogens with zero attached hydrogens (tertiary/aromatic N) is 2. The van der Waals surface area contributed by atoms with Crippen molar-refractivity contribution in [2.24, 2.45) is 11.1 Å². The number of Topliss-reactive ketones (excluding diaryl/α,β-unsaturated/α-hetero) is 1. The van der Waals surface area contributed by atoms with Gasteiger partial charge < -0.3 is 15.4 Å². The van der Waals surface area contributed by atoms with E-state index in [-0.39, 0.29) is 28.8 Å². The molecule has 6 nitrogen and oxygen atoms in total. The molecular weight excluding hydrogens is 446 g/mol. The number of aryl methyl sites for hydroxylation is 2. The van der Waals surface area contributed by atoms with Crippen molar-refractivity contribution in [3.8, 4) is 10.4 Å². The molecule has 2 heterocycles. The molecule has 0 unspecified atom stereocenters. The van der Waals surface area contributed by atoms with Gasteiger partial charge in [0.25, 0.3) is 0 Å². The van der Waals surface area contributed by atoms with Gasteiger partial charge in [-0.3, -0.25) is 9.59 Å². The molecule has 0 radical (unpaired) electrons. The van der Waals surface area contributed by atoms with Crippen molar-refractivity contribution >= 4 is 23.0 Å². The van der Waals surface area contributed by atoms with E-state index in [1.54, 1.807) is 16.2 Å². The molecule has 7 heteroatoms. The SMILES string of the molecule is Cc1ncsc1-c1ccc(CCC(=O)[C@H]2C[C@H](OC(C)(C)C)CN2C(=O)[C@H](N)C(C)(C)C)cc1. The molecule has 1 aliphatic heterocycles. The first kappa shape index (κ1) is 26.5. The third-order valence-corrected chi connectivity index (χ3v) is 7.24. The molecule has 1 saturated heterocycles. The molecule has 3 atom stereocenters. The minimum atomic E-state index is -0.668. The Morgan fingerprint density at radius 3 is 2.35 bits per heavy atom. The lowest BCUT2D eigenvalue weighted by molar-refractivity contribution is -0.140. The van der Waals surface area contributed by atoms with E-state index in [9.17, 15) is 9.59 Å². The fraction of sp³-hybridized carbons (Fsp3) is 0.593. The van der Waals surface area contributed by atoms with E-state index >= 15 is 0 Å². The quantitative estimate of drug-likeness (QED) is 0.610. The first-order valence-electron chi connectivity index (χ1n) is 12.0. The first-order chi connectivity index (χ1) is 15.8. The zero-order chi connectivity index (χ0) is 25.3. The van der Waals surface area contributed by atoms with Gasteiger partial charge in [-0.2, -0.15) is 0 Å². The lowest BCUT2D eigenvalue weighted by Crippen LogP contribution is -2.53. The van der Waals surface area contributed by atoms with Crippen molar-refractivity contribution in [3.05, 3.63) is 41.0 Å². The summed E-state index contributed by atoms with van der Waals surface area (Å²) >= 11 is 1.63. The van der Waals surface area contributed by atoms with Crippen molar-refractivity contribution < 1.29 is 14.3 Å². The molecule has 3 rings (SSSR count). The number of carbonyl (C=O) groups is 2.